The van der Waals surface area contributed by atoms with Gasteiger partial charge in [-0.25, -0.2) is 9.55 Å². The number of aromatic nitrogens is 4. The number of para-hydroxylation sites is 1. The van der Waals surface area contributed by atoms with Crippen LogP contribution in [-0.2, 0) is 6.54 Å². The second-order valence-corrected chi connectivity index (χ2v) is 7.20. The van der Waals surface area contributed by atoms with Crippen molar-refractivity contribution in [3.05, 3.63) is 72.7 Å². The average Bonchev–Trinajstić information content (AvgIpc) is 3.30. The minimum Gasteiger partial charge on any atom is -0.264 e. The molecule has 0 unspecified atom stereocenters. The molecule has 0 atom stereocenters. The fraction of sp³-hybridized carbons (Fsp3) is 0.0500. The van der Waals surface area contributed by atoms with Gasteiger partial charge in [0.2, 0.25) is 10.3 Å². The molecule has 0 radical (unpaired) electrons. The highest BCUT2D eigenvalue weighted by molar-refractivity contribution is 7.24. The molecule has 0 bridgehead atoms. The van der Waals surface area contributed by atoms with E-state index in [0.29, 0.717) is 0 Å². The Morgan fingerprint density at radius 3 is 2.84 bits per heavy atom. The van der Waals surface area contributed by atoms with Crippen LogP contribution in [0.1, 0.15) is 5.56 Å². The second kappa shape index (κ2) is 4.74. The van der Waals surface area contributed by atoms with Crippen molar-refractivity contribution in [2.75, 3.05) is 0 Å². The van der Waals surface area contributed by atoms with E-state index in [-0.39, 0.29) is 0 Å². The van der Waals surface area contributed by atoms with Crippen LogP contribution < -0.4 is 4.57 Å². The molecule has 0 saturated carbocycles. The molecule has 5 heteroatoms. The third kappa shape index (κ3) is 1.68. The van der Waals surface area contributed by atoms with Gasteiger partial charge in [-0.05, 0) is 30.3 Å². The van der Waals surface area contributed by atoms with Gasteiger partial charge in [-0.15, -0.1) is 0 Å². The van der Waals surface area contributed by atoms with Gasteiger partial charge in [0.1, 0.15) is 17.1 Å². The molecule has 0 fully saturated rings. The quantitative estimate of drug-likeness (QED) is 0.424. The molecule has 4 aromatic heterocycles. The lowest BCUT2D eigenvalue weighted by Crippen LogP contribution is -2.30. The summed E-state index contributed by atoms with van der Waals surface area (Å²) >= 11 is 1.76. The minimum atomic E-state index is 0.885. The van der Waals surface area contributed by atoms with E-state index in [1.165, 1.54) is 38.4 Å². The number of thiophene rings is 1. The molecule has 4 nitrogen and oxygen atoms in total. The first kappa shape index (κ1) is 13.3. The standard InChI is InChI=1S/C20H13N4S/c1-2-5-14(6-3-1)24-17-15-7-4-9-22-18(15)25-20(17)23-12-13-8-10-21-11-16(13)19(23)24/h1-11H,12H2/q+1. The van der Waals surface area contributed by atoms with Crippen molar-refractivity contribution in [2.45, 2.75) is 6.54 Å². The van der Waals surface area contributed by atoms with E-state index >= 15 is 0 Å². The predicted molar refractivity (Wildman–Crippen MR) is 99.0 cm³/mol. The van der Waals surface area contributed by atoms with Crippen LogP contribution in [0, 0.1) is 0 Å². The van der Waals surface area contributed by atoms with Gasteiger partial charge < -0.3 is 0 Å². The van der Waals surface area contributed by atoms with Crippen molar-refractivity contribution >= 4 is 31.9 Å². The first-order valence-electron chi connectivity index (χ1n) is 8.22. The molecule has 0 saturated heterocycles. The molecule has 5 aromatic rings. The van der Waals surface area contributed by atoms with Gasteiger partial charge in [0.15, 0.2) is 0 Å². The zero-order chi connectivity index (χ0) is 16.4. The van der Waals surface area contributed by atoms with Gasteiger partial charge in [0.25, 0.3) is 5.82 Å². The topological polar surface area (TPSA) is 34.6 Å². The number of pyridine rings is 2. The maximum absolute atomic E-state index is 4.58. The maximum Gasteiger partial charge on any atom is 0.298 e. The molecule has 5 heterocycles. The van der Waals surface area contributed by atoms with E-state index in [1.54, 1.807) is 11.3 Å². The van der Waals surface area contributed by atoms with Gasteiger partial charge >= 0.3 is 0 Å². The number of benzene rings is 1. The summed E-state index contributed by atoms with van der Waals surface area (Å²) in [6, 6.07) is 16.9. The molecule has 0 aliphatic carbocycles. The van der Waals surface area contributed by atoms with Gasteiger partial charge in [-0.1, -0.05) is 29.5 Å². The van der Waals surface area contributed by atoms with Crippen LogP contribution in [0.2, 0.25) is 0 Å². The first-order chi connectivity index (χ1) is 12.4. The maximum atomic E-state index is 4.58. The summed E-state index contributed by atoms with van der Waals surface area (Å²) in [6.07, 6.45) is 5.73. The van der Waals surface area contributed by atoms with Crippen molar-refractivity contribution in [1.82, 2.24) is 14.5 Å². The Labute approximate surface area is 147 Å². The Hall–Kier alpha value is -3.05. The van der Waals surface area contributed by atoms with Gasteiger partial charge in [-0.2, -0.15) is 4.57 Å². The molecule has 0 amide bonds. The van der Waals surface area contributed by atoms with Crippen molar-refractivity contribution in [3.8, 4) is 17.1 Å². The fourth-order valence-electron chi connectivity index (χ4n) is 3.80. The predicted octanol–water partition coefficient (Wildman–Crippen LogP) is 3.95. The van der Waals surface area contributed by atoms with Crippen LogP contribution in [0.15, 0.2) is 67.1 Å². The van der Waals surface area contributed by atoms with Crippen LogP contribution >= 0.6 is 11.3 Å². The van der Waals surface area contributed by atoms with Crippen molar-refractivity contribution in [3.63, 3.8) is 0 Å². The van der Waals surface area contributed by atoms with Crippen LogP contribution in [-0.4, -0.2) is 14.5 Å². The van der Waals surface area contributed by atoms with Gasteiger partial charge in [0.05, 0.1) is 10.9 Å². The Kier molecular flexibility index (Phi) is 2.51. The lowest BCUT2D eigenvalue weighted by Gasteiger charge is -2.01. The highest BCUT2D eigenvalue weighted by Crippen LogP contribution is 2.39. The third-order valence-corrected chi connectivity index (χ3v) is 5.98. The molecule has 0 spiro atoms. The summed E-state index contributed by atoms with van der Waals surface area (Å²) in [5.41, 5.74) is 4.94. The number of fused-ring (bicyclic) bond motifs is 7. The molecular formula is C20H13N4S+. The summed E-state index contributed by atoms with van der Waals surface area (Å²) in [7, 11) is 0. The van der Waals surface area contributed by atoms with Crippen LogP contribution in [0.25, 0.3) is 37.6 Å². The number of hydrogen-bond donors (Lipinski definition) is 0. The van der Waals surface area contributed by atoms with Crippen molar-refractivity contribution < 1.29 is 4.57 Å². The average molecular weight is 341 g/mol. The van der Waals surface area contributed by atoms with E-state index in [0.717, 1.165) is 11.4 Å². The SMILES string of the molecule is c1ccc(-n2c3[n+](c4sc5ncccc5c42)Cc2ccncc2-3)cc1. The lowest BCUT2D eigenvalue weighted by atomic mass is 10.1. The summed E-state index contributed by atoms with van der Waals surface area (Å²) in [5.74, 6) is 1.21. The molecule has 1 aliphatic heterocycles. The summed E-state index contributed by atoms with van der Waals surface area (Å²) in [6.45, 7) is 0.885. The fourth-order valence-corrected chi connectivity index (χ4v) is 4.93. The van der Waals surface area contributed by atoms with E-state index in [1.807, 2.05) is 24.7 Å². The molecule has 1 aromatic carbocycles. The number of rotatable bonds is 1. The molecule has 118 valence electrons. The molecule has 25 heavy (non-hydrogen) atoms. The Bertz CT molecular complexity index is 1270. The molecular weight excluding hydrogens is 328 g/mol. The zero-order valence-corrected chi connectivity index (χ0v) is 14.1. The summed E-state index contributed by atoms with van der Waals surface area (Å²) in [5, 5.41) is 1.21. The monoisotopic (exact) mass is 341 g/mol. The number of nitrogens with zero attached hydrogens (tertiary/aromatic N) is 4. The number of imidazole rings is 1. The molecule has 1 aliphatic rings. The van der Waals surface area contributed by atoms with Crippen molar-refractivity contribution in [1.29, 1.82) is 0 Å². The lowest BCUT2D eigenvalue weighted by molar-refractivity contribution is -0.643. The van der Waals surface area contributed by atoms with Crippen LogP contribution in [0.4, 0.5) is 0 Å². The molecule has 6 rings (SSSR count). The highest BCUT2D eigenvalue weighted by atomic mass is 32.1. The zero-order valence-electron chi connectivity index (χ0n) is 13.3. The minimum absolute atomic E-state index is 0.885. The van der Waals surface area contributed by atoms with E-state index in [9.17, 15) is 0 Å². The summed E-state index contributed by atoms with van der Waals surface area (Å²) < 4.78 is 4.77. The largest absolute Gasteiger partial charge is 0.298 e. The second-order valence-electron chi connectivity index (χ2n) is 6.23. The first-order valence-corrected chi connectivity index (χ1v) is 9.04. The summed E-state index contributed by atoms with van der Waals surface area (Å²) in [4.78, 5) is 11.3. The third-order valence-electron chi connectivity index (χ3n) is 4.85. The van der Waals surface area contributed by atoms with Crippen molar-refractivity contribution in [2.24, 2.45) is 0 Å². The highest BCUT2D eigenvalue weighted by Gasteiger charge is 2.37. The van der Waals surface area contributed by atoms with Gasteiger partial charge in [-0.3, -0.25) is 4.98 Å². The normalized spacial score (nSPS) is 12.6. The van der Waals surface area contributed by atoms with Gasteiger partial charge in [0, 0.05) is 24.2 Å². The Balaban J connectivity index is 1.84. The number of hydrogen-bond acceptors (Lipinski definition) is 3. The van der Waals surface area contributed by atoms with Crippen LogP contribution in [0.5, 0.6) is 0 Å². The Morgan fingerprint density at radius 2 is 1.92 bits per heavy atom. The van der Waals surface area contributed by atoms with E-state index in [4.69, 9.17) is 0 Å². The smallest absolute Gasteiger partial charge is 0.264 e. The van der Waals surface area contributed by atoms with E-state index < -0.39 is 0 Å². The van der Waals surface area contributed by atoms with E-state index in [2.05, 4.69) is 61.6 Å². The Morgan fingerprint density at radius 1 is 1.00 bits per heavy atom. The van der Waals surface area contributed by atoms with Crippen LogP contribution in [0.3, 0.4) is 0 Å². The molecule has 0 N–H and O–H groups in total.